The first-order valence-electron chi connectivity index (χ1n) is 3.90. The first-order valence-corrected chi connectivity index (χ1v) is 3.90. The monoisotopic (exact) mass is 198 g/mol. The van der Waals surface area contributed by atoms with Crippen LogP contribution in [0.4, 0.5) is 5.69 Å². The summed E-state index contributed by atoms with van der Waals surface area (Å²) in [6.07, 6.45) is 0.482. The number of anilines is 1. The van der Waals surface area contributed by atoms with E-state index in [1.807, 2.05) is 18.2 Å². The van der Waals surface area contributed by atoms with Gasteiger partial charge in [-0.2, -0.15) is 0 Å². The summed E-state index contributed by atoms with van der Waals surface area (Å²) in [5.41, 5.74) is 8.58. The minimum absolute atomic E-state index is 0. The van der Waals surface area contributed by atoms with E-state index in [1.54, 1.807) is 0 Å². The number of rotatable bonds is 0. The van der Waals surface area contributed by atoms with E-state index in [2.05, 4.69) is 5.32 Å². The second-order valence-electron chi connectivity index (χ2n) is 2.98. The molecule has 3 nitrogen and oxygen atoms in total. The van der Waals surface area contributed by atoms with E-state index in [9.17, 15) is 4.79 Å². The summed E-state index contributed by atoms with van der Waals surface area (Å²) in [6, 6.07) is 5.66. The summed E-state index contributed by atoms with van der Waals surface area (Å²) >= 11 is 0. The van der Waals surface area contributed by atoms with Gasteiger partial charge in [0, 0.05) is 12.2 Å². The SMILES string of the molecule is Cl.Nc1ccc2c(c1)CNC(=O)C2. The molecule has 13 heavy (non-hydrogen) atoms. The molecule has 0 unspecified atom stereocenters. The quantitative estimate of drug-likeness (QED) is 0.608. The van der Waals surface area contributed by atoms with Gasteiger partial charge in [-0.05, 0) is 23.3 Å². The van der Waals surface area contributed by atoms with Crippen LogP contribution in [-0.4, -0.2) is 5.91 Å². The average molecular weight is 199 g/mol. The lowest BCUT2D eigenvalue weighted by Gasteiger charge is -2.16. The molecule has 1 aliphatic rings. The minimum atomic E-state index is 0. The van der Waals surface area contributed by atoms with Crippen molar-refractivity contribution in [3.63, 3.8) is 0 Å². The van der Waals surface area contributed by atoms with Gasteiger partial charge in [0.15, 0.2) is 0 Å². The molecule has 0 spiro atoms. The molecule has 1 heterocycles. The molecule has 0 aliphatic carbocycles. The Morgan fingerprint density at radius 2 is 2.08 bits per heavy atom. The highest BCUT2D eigenvalue weighted by Crippen LogP contribution is 2.16. The number of carbonyl (C=O) groups is 1. The zero-order chi connectivity index (χ0) is 8.55. The molecule has 2 rings (SSSR count). The van der Waals surface area contributed by atoms with Crippen LogP contribution in [0.1, 0.15) is 11.1 Å². The normalized spacial score (nSPS) is 14.0. The maximum atomic E-state index is 11.0. The van der Waals surface area contributed by atoms with Gasteiger partial charge in [0.2, 0.25) is 5.91 Å². The van der Waals surface area contributed by atoms with Crippen molar-refractivity contribution in [2.75, 3.05) is 5.73 Å². The van der Waals surface area contributed by atoms with Crippen molar-refractivity contribution in [2.24, 2.45) is 0 Å². The summed E-state index contributed by atoms with van der Waals surface area (Å²) in [7, 11) is 0. The molecule has 0 bridgehead atoms. The predicted molar refractivity (Wildman–Crippen MR) is 53.7 cm³/mol. The van der Waals surface area contributed by atoms with Gasteiger partial charge in [0.1, 0.15) is 0 Å². The van der Waals surface area contributed by atoms with Crippen LogP contribution in [0.3, 0.4) is 0 Å². The highest BCUT2D eigenvalue weighted by molar-refractivity contribution is 5.85. The van der Waals surface area contributed by atoms with Crippen LogP contribution >= 0.6 is 12.4 Å². The maximum absolute atomic E-state index is 11.0. The van der Waals surface area contributed by atoms with Crippen LogP contribution in [0.2, 0.25) is 0 Å². The molecule has 70 valence electrons. The number of benzene rings is 1. The number of hydrogen-bond acceptors (Lipinski definition) is 2. The Bertz CT molecular complexity index is 338. The van der Waals surface area contributed by atoms with Gasteiger partial charge in [-0.1, -0.05) is 6.07 Å². The molecule has 0 atom stereocenters. The summed E-state index contributed by atoms with van der Waals surface area (Å²) in [6.45, 7) is 0.610. The number of hydrogen-bond donors (Lipinski definition) is 2. The smallest absolute Gasteiger partial charge is 0.224 e. The Morgan fingerprint density at radius 1 is 1.31 bits per heavy atom. The molecule has 0 saturated heterocycles. The van der Waals surface area contributed by atoms with E-state index < -0.39 is 0 Å². The molecule has 1 aromatic rings. The second kappa shape index (κ2) is 3.66. The zero-order valence-electron chi connectivity index (χ0n) is 7.04. The number of fused-ring (bicyclic) bond motifs is 1. The predicted octanol–water partition coefficient (Wildman–Crippen LogP) is 0.863. The van der Waals surface area contributed by atoms with Gasteiger partial charge in [0.25, 0.3) is 0 Å². The highest BCUT2D eigenvalue weighted by atomic mass is 35.5. The fourth-order valence-corrected chi connectivity index (χ4v) is 1.41. The third-order valence-electron chi connectivity index (χ3n) is 2.06. The molecule has 0 aromatic heterocycles. The van der Waals surface area contributed by atoms with Crippen molar-refractivity contribution in [1.29, 1.82) is 0 Å². The fourth-order valence-electron chi connectivity index (χ4n) is 1.41. The molecule has 0 saturated carbocycles. The Hall–Kier alpha value is -1.22. The number of halogens is 1. The zero-order valence-corrected chi connectivity index (χ0v) is 7.86. The van der Waals surface area contributed by atoms with E-state index in [-0.39, 0.29) is 18.3 Å². The number of nitrogens with two attached hydrogens (primary N) is 1. The standard InChI is InChI=1S/C9H10N2O.ClH/c10-8-2-1-6-4-9(12)11-5-7(6)3-8;/h1-3H,4-5,10H2,(H,11,12);1H. The van der Waals surface area contributed by atoms with Gasteiger partial charge < -0.3 is 11.1 Å². The van der Waals surface area contributed by atoms with Crippen LogP contribution in [0.15, 0.2) is 18.2 Å². The second-order valence-corrected chi connectivity index (χ2v) is 2.98. The number of nitrogen functional groups attached to an aromatic ring is 1. The number of amides is 1. The van der Waals surface area contributed by atoms with Crippen LogP contribution in [-0.2, 0) is 17.8 Å². The van der Waals surface area contributed by atoms with E-state index >= 15 is 0 Å². The Morgan fingerprint density at radius 3 is 2.85 bits per heavy atom. The van der Waals surface area contributed by atoms with Crippen LogP contribution in [0, 0.1) is 0 Å². The lowest BCUT2D eigenvalue weighted by Crippen LogP contribution is -2.30. The molecular weight excluding hydrogens is 188 g/mol. The number of carbonyl (C=O) groups excluding carboxylic acids is 1. The lowest BCUT2D eigenvalue weighted by atomic mass is 10.0. The van der Waals surface area contributed by atoms with Crippen molar-refractivity contribution in [2.45, 2.75) is 13.0 Å². The largest absolute Gasteiger partial charge is 0.399 e. The van der Waals surface area contributed by atoms with Crippen molar-refractivity contribution in [1.82, 2.24) is 5.32 Å². The van der Waals surface area contributed by atoms with E-state index in [4.69, 9.17) is 5.73 Å². The summed E-state index contributed by atoms with van der Waals surface area (Å²) in [5, 5.41) is 2.77. The van der Waals surface area contributed by atoms with E-state index in [1.165, 1.54) is 0 Å². The molecule has 4 heteroatoms. The summed E-state index contributed by atoms with van der Waals surface area (Å²) in [4.78, 5) is 11.0. The van der Waals surface area contributed by atoms with Crippen LogP contribution < -0.4 is 11.1 Å². The Balaban J connectivity index is 0.000000845. The van der Waals surface area contributed by atoms with E-state index in [0.717, 1.165) is 16.8 Å². The van der Waals surface area contributed by atoms with Gasteiger partial charge in [-0.25, -0.2) is 0 Å². The highest BCUT2D eigenvalue weighted by Gasteiger charge is 2.13. The van der Waals surface area contributed by atoms with Gasteiger partial charge in [-0.3, -0.25) is 4.79 Å². The average Bonchev–Trinajstić information content (AvgIpc) is 2.05. The summed E-state index contributed by atoms with van der Waals surface area (Å²) < 4.78 is 0. The lowest BCUT2D eigenvalue weighted by molar-refractivity contribution is -0.121. The van der Waals surface area contributed by atoms with Crippen molar-refractivity contribution < 1.29 is 4.79 Å². The van der Waals surface area contributed by atoms with Crippen LogP contribution in [0.5, 0.6) is 0 Å². The molecule has 0 radical (unpaired) electrons. The van der Waals surface area contributed by atoms with Crippen molar-refractivity contribution in [3.8, 4) is 0 Å². The number of nitrogens with one attached hydrogen (secondary N) is 1. The molecule has 0 fully saturated rings. The molecule has 1 amide bonds. The summed E-state index contributed by atoms with van der Waals surface area (Å²) in [5.74, 6) is 0.0901. The molecule has 3 N–H and O–H groups in total. The van der Waals surface area contributed by atoms with Crippen molar-refractivity contribution >= 4 is 24.0 Å². The van der Waals surface area contributed by atoms with Gasteiger partial charge in [-0.15, -0.1) is 12.4 Å². The van der Waals surface area contributed by atoms with Gasteiger partial charge in [0.05, 0.1) is 6.42 Å². The van der Waals surface area contributed by atoms with Crippen molar-refractivity contribution in [3.05, 3.63) is 29.3 Å². The first kappa shape index (κ1) is 9.86. The van der Waals surface area contributed by atoms with E-state index in [0.29, 0.717) is 13.0 Å². The Labute approximate surface area is 82.7 Å². The maximum Gasteiger partial charge on any atom is 0.224 e. The first-order chi connectivity index (χ1) is 5.75. The Kier molecular flexibility index (Phi) is 2.78. The molecule has 1 aliphatic heterocycles. The third-order valence-corrected chi connectivity index (χ3v) is 2.06. The topological polar surface area (TPSA) is 55.1 Å². The fraction of sp³-hybridized carbons (Fsp3) is 0.222. The molecular formula is C9H11ClN2O. The van der Waals surface area contributed by atoms with Gasteiger partial charge >= 0.3 is 0 Å². The third kappa shape index (κ3) is 1.92. The molecule has 1 aromatic carbocycles. The van der Waals surface area contributed by atoms with Crippen LogP contribution in [0.25, 0.3) is 0 Å². The minimum Gasteiger partial charge on any atom is -0.399 e.